The van der Waals surface area contributed by atoms with Gasteiger partial charge in [-0.3, -0.25) is 0 Å². The zero-order chi connectivity index (χ0) is 10.6. The van der Waals surface area contributed by atoms with Crippen molar-refractivity contribution in [3.05, 3.63) is 17.8 Å². The van der Waals surface area contributed by atoms with Gasteiger partial charge in [-0.2, -0.15) is 0 Å². The molecule has 1 aromatic rings. The number of aldehydes is 1. The van der Waals surface area contributed by atoms with Gasteiger partial charge in [0.1, 0.15) is 12.0 Å². The van der Waals surface area contributed by atoms with Crippen molar-refractivity contribution in [1.29, 1.82) is 0 Å². The third-order valence-electron chi connectivity index (χ3n) is 1.99. The summed E-state index contributed by atoms with van der Waals surface area (Å²) in [6.45, 7) is 1.77. The van der Waals surface area contributed by atoms with E-state index in [9.17, 15) is 4.79 Å². The number of hydrogen-bond acceptors (Lipinski definition) is 4. The average molecular weight is 195 g/mol. The molecule has 0 fully saturated rings. The minimum absolute atomic E-state index is 0.284. The Labute approximate surface area is 82.9 Å². The van der Waals surface area contributed by atoms with E-state index in [-0.39, 0.29) is 5.92 Å². The highest BCUT2D eigenvalue weighted by atomic mass is 16.5. The molecule has 0 amide bonds. The van der Waals surface area contributed by atoms with E-state index in [2.05, 4.69) is 4.98 Å². The quantitative estimate of drug-likeness (QED) is 0.681. The molecule has 4 nitrogen and oxygen atoms in total. The normalized spacial score (nSPS) is 11.9. The Hall–Kier alpha value is -1.58. The molecule has 0 bridgehead atoms. The Morgan fingerprint density at radius 3 is 2.64 bits per heavy atom. The number of nitrogens with zero attached hydrogens (tertiary/aromatic N) is 1. The van der Waals surface area contributed by atoms with Crippen molar-refractivity contribution >= 4 is 6.29 Å². The van der Waals surface area contributed by atoms with Crippen molar-refractivity contribution in [2.75, 3.05) is 14.2 Å². The third-order valence-corrected chi connectivity index (χ3v) is 1.99. The van der Waals surface area contributed by atoms with E-state index in [1.807, 2.05) is 0 Å². The van der Waals surface area contributed by atoms with E-state index in [1.54, 1.807) is 26.3 Å². The van der Waals surface area contributed by atoms with Crippen LogP contribution in [0.15, 0.2) is 12.3 Å². The second kappa shape index (κ2) is 4.60. The molecule has 0 radical (unpaired) electrons. The van der Waals surface area contributed by atoms with Gasteiger partial charge in [0.25, 0.3) is 0 Å². The first-order valence-corrected chi connectivity index (χ1v) is 4.26. The third kappa shape index (κ3) is 1.84. The van der Waals surface area contributed by atoms with Crippen LogP contribution in [-0.4, -0.2) is 25.5 Å². The number of rotatable bonds is 4. The van der Waals surface area contributed by atoms with Crippen LogP contribution >= 0.6 is 0 Å². The smallest absolute Gasteiger partial charge is 0.220 e. The Balaban J connectivity index is 3.25. The lowest BCUT2D eigenvalue weighted by molar-refractivity contribution is -0.108. The maximum absolute atomic E-state index is 10.7. The van der Waals surface area contributed by atoms with Gasteiger partial charge in [0.05, 0.1) is 19.8 Å². The van der Waals surface area contributed by atoms with Gasteiger partial charge in [-0.1, -0.05) is 6.92 Å². The first-order valence-electron chi connectivity index (χ1n) is 4.26. The second-order valence-corrected chi connectivity index (χ2v) is 2.86. The average Bonchev–Trinajstić information content (AvgIpc) is 2.26. The summed E-state index contributed by atoms with van der Waals surface area (Å²) in [5.74, 6) is 0.772. The summed E-state index contributed by atoms with van der Waals surface area (Å²) in [6, 6.07) is 1.71. The van der Waals surface area contributed by atoms with Crippen molar-refractivity contribution < 1.29 is 14.3 Å². The summed E-state index contributed by atoms with van der Waals surface area (Å²) in [7, 11) is 3.07. The summed E-state index contributed by atoms with van der Waals surface area (Å²) < 4.78 is 10.2. The van der Waals surface area contributed by atoms with Crippen LogP contribution in [0.4, 0.5) is 0 Å². The fourth-order valence-electron chi connectivity index (χ4n) is 1.27. The molecule has 1 rings (SSSR count). The lowest BCUT2D eigenvalue weighted by atomic mass is 10.0. The maximum Gasteiger partial charge on any atom is 0.220 e. The standard InChI is InChI=1S/C10H13NO3/c1-7(6-12)9-8(13-2)4-5-11-10(9)14-3/h4-7H,1-3H3. The van der Waals surface area contributed by atoms with Crippen LogP contribution in [0.3, 0.4) is 0 Å². The van der Waals surface area contributed by atoms with Crippen LogP contribution in [0, 0.1) is 0 Å². The van der Waals surface area contributed by atoms with Gasteiger partial charge < -0.3 is 14.3 Å². The molecule has 76 valence electrons. The molecule has 0 N–H and O–H groups in total. The molecule has 1 heterocycles. The monoisotopic (exact) mass is 195 g/mol. The summed E-state index contributed by atoms with van der Waals surface area (Å²) in [6.07, 6.45) is 2.42. The number of hydrogen-bond donors (Lipinski definition) is 0. The number of methoxy groups -OCH3 is 2. The minimum Gasteiger partial charge on any atom is -0.496 e. The number of ether oxygens (including phenoxy) is 2. The summed E-state index contributed by atoms with van der Waals surface area (Å²) in [4.78, 5) is 14.7. The van der Waals surface area contributed by atoms with E-state index in [0.717, 1.165) is 6.29 Å². The molecule has 14 heavy (non-hydrogen) atoms. The second-order valence-electron chi connectivity index (χ2n) is 2.86. The Morgan fingerprint density at radius 1 is 1.43 bits per heavy atom. The van der Waals surface area contributed by atoms with E-state index in [0.29, 0.717) is 17.2 Å². The molecule has 4 heteroatoms. The van der Waals surface area contributed by atoms with Crippen LogP contribution in [-0.2, 0) is 4.79 Å². The van der Waals surface area contributed by atoms with E-state index in [1.165, 1.54) is 7.11 Å². The highest BCUT2D eigenvalue weighted by Crippen LogP contribution is 2.31. The first-order chi connectivity index (χ1) is 6.74. The summed E-state index contributed by atoms with van der Waals surface area (Å²) in [5.41, 5.74) is 0.688. The molecular weight excluding hydrogens is 182 g/mol. The van der Waals surface area contributed by atoms with Crippen LogP contribution in [0.1, 0.15) is 18.4 Å². The number of aromatic nitrogens is 1. The predicted molar refractivity (Wildman–Crippen MR) is 51.8 cm³/mol. The van der Waals surface area contributed by atoms with E-state index in [4.69, 9.17) is 9.47 Å². The van der Waals surface area contributed by atoms with Crippen molar-refractivity contribution in [2.24, 2.45) is 0 Å². The van der Waals surface area contributed by atoms with E-state index >= 15 is 0 Å². The van der Waals surface area contributed by atoms with Crippen molar-refractivity contribution in [1.82, 2.24) is 4.98 Å². The lowest BCUT2D eigenvalue weighted by Gasteiger charge is -2.13. The number of carbonyl (C=O) groups excluding carboxylic acids is 1. The number of carbonyl (C=O) groups is 1. The summed E-state index contributed by atoms with van der Waals surface area (Å²) >= 11 is 0. The Morgan fingerprint density at radius 2 is 2.14 bits per heavy atom. The van der Waals surface area contributed by atoms with Gasteiger partial charge in [0, 0.05) is 12.1 Å². The SMILES string of the molecule is COc1ccnc(OC)c1C(C)C=O. The highest BCUT2D eigenvalue weighted by Gasteiger charge is 2.17. The van der Waals surface area contributed by atoms with Gasteiger partial charge in [0.2, 0.25) is 5.88 Å². The zero-order valence-corrected chi connectivity index (χ0v) is 8.48. The van der Waals surface area contributed by atoms with Crippen molar-refractivity contribution in [3.8, 4) is 11.6 Å². The van der Waals surface area contributed by atoms with Crippen molar-refractivity contribution in [2.45, 2.75) is 12.8 Å². The van der Waals surface area contributed by atoms with Crippen molar-refractivity contribution in [3.63, 3.8) is 0 Å². The van der Waals surface area contributed by atoms with E-state index < -0.39 is 0 Å². The maximum atomic E-state index is 10.7. The molecule has 0 saturated carbocycles. The Bertz CT molecular complexity index is 303. The number of pyridine rings is 1. The molecular formula is C10H13NO3. The van der Waals surface area contributed by atoms with Gasteiger partial charge >= 0.3 is 0 Å². The molecule has 1 unspecified atom stereocenters. The minimum atomic E-state index is -0.284. The molecule has 1 aromatic heterocycles. The molecule has 0 aliphatic heterocycles. The highest BCUT2D eigenvalue weighted by molar-refractivity contribution is 5.65. The lowest BCUT2D eigenvalue weighted by Crippen LogP contribution is -2.03. The molecule has 0 aliphatic carbocycles. The van der Waals surface area contributed by atoms with Crippen LogP contribution < -0.4 is 9.47 Å². The van der Waals surface area contributed by atoms with Crippen LogP contribution in [0.5, 0.6) is 11.6 Å². The molecule has 0 spiro atoms. The summed E-state index contributed by atoms with van der Waals surface area (Å²) in [5, 5.41) is 0. The predicted octanol–water partition coefficient (Wildman–Crippen LogP) is 1.40. The van der Waals surface area contributed by atoms with Crippen LogP contribution in [0.25, 0.3) is 0 Å². The fraction of sp³-hybridized carbons (Fsp3) is 0.400. The largest absolute Gasteiger partial charge is 0.496 e. The van der Waals surface area contributed by atoms with Gasteiger partial charge in [0.15, 0.2) is 0 Å². The Kier molecular flexibility index (Phi) is 3.45. The van der Waals surface area contributed by atoms with Gasteiger partial charge in [-0.25, -0.2) is 4.98 Å². The topological polar surface area (TPSA) is 48.4 Å². The molecule has 0 aromatic carbocycles. The molecule has 0 saturated heterocycles. The molecule has 0 aliphatic rings. The first kappa shape index (κ1) is 10.5. The van der Waals surface area contributed by atoms with Gasteiger partial charge in [-0.15, -0.1) is 0 Å². The molecule has 1 atom stereocenters. The van der Waals surface area contributed by atoms with Gasteiger partial charge in [-0.05, 0) is 6.07 Å². The fourth-order valence-corrected chi connectivity index (χ4v) is 1.27. The zero-order valence-electron chi connectivity index (χ0n) is 8.48. The van der Waals surface area contributed by atoms with Crippen LogP contribution in [0.2, 0.25) is 0 Å².